The number of hydrogen-bond acceptors (Lipinski definition) is 2. The van der Waals surface area contributed by atoms with E-state index in [1.54, 1.807) is 22.3 Å². The van der Waals surface area contributed by atoms with Gasteiger partial charge in [-0.25, -0.2) is 0 Å². The van der Waals surface area contributed by atoms with E-state index >= 15 is 0 Å². The fraction of sp³-hybridized carbons (Fsp3) is 0.467. The maximum absolute atomic E-state index is 3.56. The number of rotatable bonds is 0. The molecule has 2 heterocycles. The monoisotopic (exact) mass is 226 g/mol. The first-order valence-electron chi connectivity index (χ1n) is 6.67. The Morgan fingerprint density at radius 1 is 1.35 bits per heavy atom. The molecule has 2 atom stereocenters. The number of allylic oxidation sites excluding steroid dienone is 3. The van der Waals surface area contributed by atoms with Crippen LogP contribution in [0.3, 0.4) is 0 Å². The Labute approximate surface area is 102 Å². The normalized spacial score (nSPS) is 33.8. The summed E-state index contributed by atoms with van der Waals surface area (Å²) in [6.07, 6.45) is 10.5. The molecule has 2 unspecified atom stereocenters. The van der Waals surface area contributed by atoms with E-state index < -0.39 is 0 Å². The molecule has 0 aromatic rings. The van der Waals surface area contributed by atoms with Crippen molar-refractivity contribution in [3.63, 3.8) is 0 Å². The molecule has 0 spiro atoms. The lowest BCUT2D eigenvalue weighted by Crippen LogP contribution is -2.36. The molecule has 0 fully saturated rings. The third kappa shape index (κ3) is 1.21. The fourth-order valence-corrected chi connectivity index (χ4v) is 3.74. The van der Waals surface area contributed by atoms with Gasteiger partial charge in [-0.1, -0.05) is 6.08 Å². The van der Waals surface area contributed by atoms with Gasteiger partial charge in [-0.05, 0) is 55.2 Å². The smallest absolute Gasteiger partial charge is 0.0379 e. The van der Waals surface area contributed by atoms with Gasteiger partial charge in [-0.3, -0.25) is 0 Å². The van der Waals surface area contributed by atoms with E-state index in [9.17, 15) is 0 Å². The second kappa shape index (κ2) is 3.28. The summed E-state index contributed by atoms with van der Waals surface area (Å²) in [6, 6.07) is 0.575. The van der Waals surface area contributed by atoms with Crippen molar-refractivity contribution < 1.29 is 0 Å². The lowest BCUT2D eigenvalue weighted by molar-refractivity contribution is 0.439. The summed E-state index contributed by atoms with van der Waals surface area (Å²) in [6.45, 7) is 3.38. The Morgan fingerprint density at radius 2 is 2.29 bits per heavy atom. The van der Waals surface area contributed by atoms with Crippen LogP contribution >= 0.6 is 0 Å². The Morgan fingerprint density at radius 3 is 3.24 bits per heavy atom. The Hall–Kier alpha value is -1.44. The maximum atomic E-state index is 3.56. The average Bonchev–Trinajstić information content (AvgIpc) is 2.76. The molecule has 88 valence electrons. The van der Waals surface area contributed by atoms with Crippen LogP contribution in [0.15, 0.2) is 46.3 Å². The molecule has 0 aromatic heterocycles. The molecule has 0 saturated carbocycles. The van der Waals surface area contributed by atoms with Crippen LogP contribution < -0.4 is 10.6 Å². The second-order valence-corrected chi connectivity index (χ2v) is 5.52. The Kier molecular flexibility index (Phi) is 1.85. The molecule has 0 radical (unpaired) electrons. The summed E-state index contributed by atoms with van der Waals surface area (Å²) >= 11 is 0. The standard InChI is InChI=1S/C15H18N2/c1-9-13-7-10-8-17-14-4-2-3-12(15(10)14)11(13)5-6-16-9/h4-6,9,13,16-17H,2-3,7-8H2,1H3. The van der Waals surface area contributed by atoms with E-state index in [4.69, 9.17) is 0 Å². The van der Waals surface area contributed by atoms with E-state index in [1.165, 1.54) is 25.0 Å². The zero-order chi connectivity index (χ0) is 11.4. The van der Waals surface area contributed by atoms with Gasteiger partial charge in [-0.15, -0.1) is 0 Å². The largest absolute Gasteiger partial charge is 0.388 e. The summed E-state index contributed by atoms with van der Waals surface area (Å²) in [7, 11) is 0. The van der Waals surface area contributed by atoms with Gasteiger partial charge < -0.3 is 10.6 Å². The van der Waals surface area contributed by atoms with Gasteiger partial charge in [0.05, 0.1) is 0 Å². The molecule has 17 heavy (non-hydrogen) atoms. The van der Waals surface area contributed by atoms with Crippen molar-refractivity contribution in [2.24, 2.45) is 5.92 Å². The van der Waals surface area contributed by atoms with E-state index in [-0.39, 0.29) is 0 Å². The lowest BCUT2D eigenvalue weighted by atomic mass is 9.72. The molecule has 2 heteroatoms. The highest BCUT2D eigenvalue weighted by atomic mass is 14.9. The van der Waals surface area contributed by atoms with E-state index in [1.807, 2.05) is 0 Å². The number of hydrogen-bond donors (Lipinski definition) is 2. The van der Waals surface area contributed by atoms with Gasteiger partial charge in [-0.2, -0.15) is 0 Å². The predicted molar refractivity (Wildman–Crippen MR) is 69.2 cm³/mol. The fourth-order valence-electron chi connectivity index (χ4n) is 3.74. The third-order valence-electron chi connectivity index (χ3n) is 4.60. The zero-order valence-electron chi connectivity index (χ0n) is 10.2. The van der Waals surface area contributed by atoms with Crippen LogP contribution in [0.5, 0.6) is 0 Å². The molecule has 0 amide bonds. The minimum atomic E-state index is 0.575. The van der Waals surface area contributed by atoms with Crippen molar-refractivity contribution in [3.05, 3.63) is 46.3 Å². The van der Waals surface area contributed by atoms with Crippen molar-refractivity contribution in [1.82, 2.24) is 10.6 Å². The summed E-state index contributed by atoms with van der Waals surface area (Å²) in [5.74, 6) is 0.688. The number of fused-ring (bicyclic) bond motifs is 1. The van der Waals surface area contributed by atoms with E-state index in [0.717, 1.165) is 6.54 Å². The summed E-state index contributed by atoms with van der Waals surface area (Å²) in [4.78, 5) is 0. The lowest BCUT2D eigenvalue weighted by Gasteiger charge is -2.36. The van der Waals surface area contributed by atoms with Crippen LogP contribution in [0, 0.1) is 5.92 Å². The minimum Gasteiger partial charge on any atom is -0.388 e. The van der Waals surface area contributed by atoms with Crippen molar-refractivity contribution >= 4 is 0 Å². The SMILES string of the molecule is CC1NC=CC2=C3CCC=C4NCC(=C43)CC21. The first-order chi connectivity index (χ1) is 8.34. The minimum absolute atomic E-state index is 0.575. The molecule has 2 aliphatic carbocycles. The van der Waals surface area contributed by atoms with Crippen molar-refractivity contribution in [1.29, 1.82) is 0 Å². The Balaban J connectivity index is 1.92. The van der Waals surface area contributed by atoms with E-state index in [2.05, 4.69) is 35.9 Å². The maximum Gasteiger partial charge on any atom is 0.0379 e. The van der Waals surface area contributed by atoms with Gasteiger partial charge in [0.15, 0.2) is 0 Å². The van der Waals surface area contributed by atoms with Crippen LogP contribution in [0.1, 0.15) is 26.2 Å². The second-order valence-electron chi connectivity index (χ2n) is 5.52. The molecular weight excluding hydrogens is 208 g/mol. The van der Waals surface area contributed by atoms with Crippen LogP contribution in [-0.2, 0) is 0 Å². The summed E-state index contributed by atoms with van der Waals surface area (Å²) < 4.78 is 0. The Bertz CT molecular complexity index is 505. The van der Waals surface area contributed by atoms with Gasteiger partial charge in [0.2, 0.25) is 0 Å². The average molecular weight is 226 g/mol. The highest BCUT2D eigenvalue weighted by Crippen LogP contribution is 2.46. The molecular formula is C15H18N2. The quantitative estimate of drug-likeness (QED) is 0.662. The molecule has 0 bridgehead atoms. The van der Waals surface area contributed by atoms with E-state index in [0.29, 0.717) is 12.0 Å². The number of nitrogens with one attached hydrogen (secondary N) is 2. The highest BCUT2D eigenvalue weighted by molar-refractivity contribution is 5.61. The molecule has 0 saturated heterocycles. The first-order valence-corrected chi connectivity index (χ1v) is 6.67. The van der Waals surface area contributed by atoms with Gasteiger partial charge in [0.25, 0.3) is 0 Å². The highest BCUT2D eigenvalue weighted by Gasteiger charge is 2.36. The third-order valence-corrected chi connectivity index (χ3v) is 4.60. The molecule has 4 rings (SSSR count). The molecule has 2 aliphatic heterocycles. The van der Waals surface area contributed by atoms with Crippen LogP contribution in [-0.4, -0.2) is 12.6 Å². The van der Waals surface area contributed by atoms with Gasteiger partial charge in [0.1, 0.15) is 0 Å². The molecule has 2 nitrogen and oxygen atoms in total. The predicted octanol–water partition coefficient (Wildman–Crippen LogP) is 2.39. The van der Waals surface area contributed by atoms with Crippen LogP contribution in [0.2, 0.25) is 0 Å². The molecule has 0 aromatic carbocycles. The van der Waals surface area contributed by atoms with Crippen LogP contribution in [0.4, 0.5) is 0 Å². The zero-order valence-corrected chi connectivity index (χ0v) is 10.2. The summed E-state index contributed by atoms with van der Waals surface area (Å²) in [5, 5.41) is 7.03. The van der Waals surface area contributed by atoms with Crippen molar-refractivity contribution in [2.75, 3.05) is 6.54 Å². The van der Waals surface area contributed by atoms with Crippen molar-refractivity contribution in [3.8, 4) is 0 Å². The first kappa shape index (κ1) is 9.58. The topological polar surface area (TPSA) is 24.1 Å². The van der Waals surface area contributed by atoms with Crippen LogP contribution in [0.25, 0.3) is 0 Å². The molecule has 2 N–H and O–H groups in total. The van der Waals surface area contributed by atoms with Crippen molar-refractivity contribution in [2.45, 2.75) is 32.2 Å². The molecule has 4 aliphatic rings. The summed E-state index contributed by atoms with van der Waals surface area (Å²) in [5.41, 5.74) is 7.85. The van der Waals surface area contributed by atoms with Gasteiger partial charge >= 0.3 is 0 Å². The van der Waals surface area contributed by atoms with Gasteiger partial charge in [0, 0.05) is 29.8 Å².